The molecule has 0 unspecified atom stereocenters. The van der Waals surface area contributed by atoms with Crippen molar-refractivity contribution in [2.45, 2.75) is 19.4 Å². The van der Waals surface area contributed by atoms with Crippen molar-refractivity contribution in [1.82, 2.24) is 15.0 Å². The van der Waals surface area contributed by atoms with Crippen LogP contribution in [0.2, 0.25) is 0 Å². The van der Waals surface area contributed by atoms with Crippen molar-refractivity contribution in [2.24, 2.45) is 0 Å². The molecule has 1 amide bonds. The summed E-state index contributed by atoms with van der Waals surface area (Å²) in [6, 6.07) is 8.97. The topological polar surface area (TPSA) is 83.0 Å². The quantitative estimate of drug-likeness (QED) is 0.846. The lowest BCUT2D eigenvalue weighted by Crippen LogP contribution is -2.24. The van der Waals surface area contributed by atoms with Gasteiger partial charge in [0.25, 0.3) is 5.89 Å². The minimum Gasteiger partial charge on any atom is -0.335 e. The summed E-state index contributed by atoms with van der Waals surface area (Å²) in [7, 11) is 0. The smallest absolute Gasteiger partial charge is 0.257 e. The number of hydrogen-bond donors (Lipinski definition) is 0. The summed E-state index contributed by atoms with van der Waals surface area (Å²) in [5, 5.41) is 12.6. The van der Waals surface area contributed by atoms with Gasteiger partial charge in [0.15, 0.2) is 5.82 Å². The average molecular weight is 268 g/mol. The average Bonchev–Trinajstić information content (AvgIpc) is 3.10. The summed E-state index contributed by atoms with van der Waals surface area (Å²) < 4.78 is 5.19. The highest BCUT2D eigenvalue weighted by atomic mass is 16.5. The van der Waals surface area contributed by atoms with E-state index in [0.717, 1.165) is 18.5 Å². The lowest BCUT2D eigenvalue weighted by Gasteiger charge is -2.11. The fourth-order valence-corrected chi connectivity index (χ4v) is 2.16. The van der Waals surface area contributed by atoms with Crippen molar-refractivity contribution in [1.29, 1.82) is 5.26 Å². The van der Waals surface area contributed by atoms with Crippen LogP contribution in [0.1, 0.15) is 24.2 Å². The highest BCUT2D eigenvalue weighted by Gasteiger charge is 2.22. The Hall–Kier alpha value is -2.68. The SMILES string of the molecule is N#Cc1ccc(-c2nc(CN3CCCC3=O)no2)cc1. The van der Waals surface area contributed by atoms with Crippen LogP contribution in [0.25, 0.3) is 11.5 Å². The summed E-state index contributed by atoms with van der Waals surface area (Å²) in [4.78, 5) is 17.5. The van der Waals surface area contributed by atoms with E-state index in [1.165, 1.54) is 0 Å². The van der Waals surface area contributed by atoms with Gasteiger partial charge in [-0.2, -0.15) is 10.2 Å². The largest absolute Gasteiger partial charge is 0.335 e. The molecule has 2 aromatic rings. The van der Waals surface area contributed by atoms with Crippen molar-refractivity contribution >= 4 is 5.91 Å². The summed E-state index contributed by atoms with van der Waals surface area (Å²) in [5.41, 5.74) is 1.34. The van der Waals surface area contributed by atoms with Gasteiger partial charge in [0.1, 0.15) is 0 Å². The van der Waals surface area contributed by atoms with Gasteiger partial charge in [0.05, 0.1) is 18.2 Å². The van der Waals surface area contributed by atoms with Crippen LogP contribution in [-0.4, -0.2) is 27.5 Å². The third-order valence-electron chi connectivity index (χ3n) is 3.23. The lowest BCUT2D eigenvalue weighted by atomic mass is 10.1. The van der Waals surface area contributed by atoms with Gasteiger partial charge in [-0.1, -0.05) is 5.16 Å². The maximum absolute atomic E-state index is 11.5. The summed E-state index contributed by atoms with van der Waals surface area (Å²) in [6.07, 6.45) is 1.49. The molecule has 2 heterocycles. The first-order chi connectivity index (χ1) is 9.76. The third kappa shape index (κ3) is 2.38. The van der Waals surface area contributed by atoms with E-state index in [-0.39, 0.29) is 5.91 Å². The number of carbonyl (C=O) groups excluding carboxylic acids is 1. The molecule has 0 atom stereocenters. The number of rotatable bonds is 3. The molecule has 3 rings (SSSR count). The fourth-order valence-electron chi connectivity index (χ4n) is 2.16. The van der Waals surface area contributed by atoms with Crippen LogP contribution in [-0.2, 0) is 11.3 Å². The van der Waals surface area contributed by atoms with Crippen LogP contribution in [0.3, 0.4) is 0 Å². The van der Waals surface area contributed by atoms with Gasteiger partial charge in [0, 0.05) is 18.5 Å². The Morgan fingerprint density at radius 1 is 1.35 bits per heavy atom. The maximum Gasteiger partial charge on any atom is 0.257 e. The zero-order chi connectivity index (χ0) is 13.9. The molecule has 6 nitrogen and oxygen atoms in total. The predicted molar refractivity (Wildman–Crippen MR) is 69.1 cm³/mol. The van der Waals surface area contributed by atoms with E-state index in [4.69, 9.17) is 9.78 Å². The standard InChI is InChI=1S/C14H12N4O2/c15-8-10-3-5-11(6-4-10)14-16-12(17-20-14)9-18-7-1-2-13(18)19/h3-6H,1-2,7,9H2. The second-order valence-corrected chi connectivity index (χ2v) is 4.62. The van der Waals surface area contributed by atoms with Gasteiger partial charge in [-0.05, 0) is 30.7 Å². The van der Waals surface area contributed by atoms with Crippen molar-refractivity contribution in [2.75, 3.05) is 6.54 Å². The number of carbonyl (C=O) groups is 1. The molecule has 1 aliphatic rings. The van der Waals surface area contributed by atoms with Gasteiger partial charge in [-0.3, -0.25) is 4.79 Å². The van der Waals surface area contributed by atoms with Crippen molar-refractivity contribution in [3.63, 3.8) is 0 Å². The molecular weight excluding hydrogens is 256 g/mol. The molecule has 0 bridgehead atoms. The number of hydrogen-bond acceptors (Lipinski definition) is 5. The Bertz CT molecular complexity index is 669. The van der Waals surface area contributed by atoms with Gasteiger partial charge in [-0.25, -0.2) is 0 Å². The summed E-state index contributed by atoms with van der Waals surface area (Å²) in [5.74, 6) is 1.03. The van der Waals surface area contributed by atoms with Gasteiger partial charge in [-0.15, -0.1) is 0 Å². The number of benzene rings is 1. The van der Waals surface area contributed by atoms with E-state index in [2.05, 4.69) is 16.2 Å². The minimum atomic E-state index is 0.134. The van der Waals surface area contributed by atoms with Crippen LogP contribution in [0.4, 0.5) is 0 Å². The molecule has 1 aliphatic heterocycles. The van der Waals surface area contributed by atoms with E-state index in [0.29, 0.717) is 30.2 Å². The predicted octanol–water partition coefficient (Wildman–Crippen LogP) is 1.73. The molecule has 1 aromatic carbocycles. The monoisotopic (exact) mass is 268 g/mol. The van der Waals surface area contributed by atoms with Crippen LogP contribution in [0.5, 0.6) is 0 Å². The second-order valence-electron chi connectivity index (χ2n) is 4.62. The molecule has 0 aliphatic carbocycles. The van der Waals surface area contributed by atoms with Gasteiger partial charge in [0.2, 0.25) is 5.91 Å². The number of nitrogens with zero attached hydrogens (tertiary/aromatic N) is 4. The van der Waals surface area contributed by atoms with E-state index in [1.54, 1.807) is 29.2 Å². The van der Waals surface area contributed by atoms with Crippen molar-refractivity contribution in [3.05, 3.63) is 35.7 Å². The minimum absolute atomic E-state index is 0.134. The van der Waals surface area contributed by atoms with Crippen LogP contribution >= 0.6 is 0 Å². The first kappa shape index (κ1) is 12.4. The fraction of sp³-hybridized carbons (Fsp3) is 0.286. The summed E-state index contributed by atoms with van der Waals surface area (Å²) >= 11 is 0. The molecule has 0 N–H and O–H groups in total. The highest BCUT2D eigenvalue weighted by Crippen LogP contribution is 2.19. The van der Waals surface area contributed by atoms with Crippen LogP contribution in [0, 0.1) is 11.3 Å². The Morgan fingerprint density at radius 2 is 2.15 bits per heavy atom. The second kappa shape index (κ2) is 5.13. The molecule has 0 spiro atoms. The molecule has 1 aromatic heterocycles. The number of aromatic nitrogens is 2. The molecule has 0 radical (unpaired) electrons. The molecule has 100 valence electrons. The lowest BCUT2D eigenvalue weighted by molar-refractivity contribution is -0.128. The maximum atomic E-state index is 11.5. The first-order valence-corrected chi connectivity index (χ1v) is 6.37. The van der Waals surface area contributed by atoms with Crippen molar-refractivity contribution in [3.8, 4) is 17.5 Å². The Balaban J connectivity index is 1.75. The zero-order valence-electron chi connectivity index (χ0n) is 10.7. The molecular formula is C14H12N4O2. The van der Waals surface area contributed by atoms with Crippen LogP contribution < -0.4 is 0 Å². The number of amides is 1. The number of nitriles is 1. The van der Waals surface area contributed by atoms with Crippen molar-refractivity contribution < 1.29 is 9.32 Å². The van der Waals surface area contributed by atoms with Gasteiger partial charge < -0.3 is 9.42 Å². The van der Waals surface area contributed by atoms with E-state index < -0.39 is 0 Å². The Kier molecular flexibility index (Phi) is 3.17. The van der Waals surface area contributed by atoms with Gasteiger partial charge >= 0.3 is 0 Å². The normalized spacial score (nSPS) is 14.6. The zero-order valence-corrected chi connectivity index (χ0v) is 10.7. The first-order valence-electron chi connectivity index (χ1n) is 6.37. The Labute approximate surface area is 115 Å². The van der Waals surface area contributed by atoms with E-state index >= 15 is 0 Å². The molecule has 0 saturated carbocycles. The summed E-state index contributed by atoms with van der Waals surface area (Å²) in [6.45, 7) is 1.14. The molecule has 6 heteroatoms. The Morgan fingerprint density at radius 3 is 2.80 bits per heavy atom. The van der Waals surface area contributed by atoms with E-state index in [9.17, 15) is 4.79 Å². The molecule has 20 heavy (non-hydrogen) atoms. The van der Waals surface area contributed by atoms with E-state index in [1.807, 2.05) is 0 Å². The van der Waals surface area contributed by atoms with Crippen LogP contribution in [0.15, 0.2) is 28.8 Å². The molecule has 1 fully saturated rings. The third-order valence-corrected chi connectivity index (χ3v) is 3.23. The highest BCUT2D eigenvalue weighted by molar-refractivity contribution is 5.77. The number of likely N-dealkylation sites (tertiary alicyclic amines) is 1. The molecule has 1 saturated heterocycles.